The number of ether oxygens (including phenoxy) is 1. The molecule has 2 atom stereocenters. The summed E-state index contributed by atoms with van der Waals surface area (Å²) in [5, 5.41) is 3.57. The van der Waals surface area contributed by atoms with Crippen LogP contribution in [-0.4, -0.2) is 13.2 Å². The maximum absolute atomic E-state index is 13.4. The Morgan fingerprint density at radius 2 is 2.00 bits per heavy atom. The van der Waals surface area contributed by atoms with E-state index in [2.05, 4.69) is 19.2 Å². The van der Waals surface area contributed by atoms with Crippen LogP contribution in [-0.2, 0) is 0 Å². The van der Waals surface area contributed by atoms with Gasteiger partial charge in [-0.25, -0.2) is 4.39 Å². The Morgan fingerprint density at radius 3 is 2.68 bits per heavy atom. The Bertz CT molecular complexity index is 419. The predicted molar refractivity (Wildman–Crippen MR) is 77.2 cm³/mol. The first-order valence-electron chi connectivity index (χ1n) is 7.22. The molecule has 106 valence electrons. The van der Waals surface area contributed by atoms with E-state index in [4.69, 9.17) is 4.74 Å². The molecule has 19 heavy (non-hydrogen) atoms. The lowest BCUT2D eigenvalue weighted by Gasteiger charge is -2.35. The van der Waals surface area contributed by atoms with Crippen molar-refractivity contribution in [2.24, 2.45) is 11.8 Å². The number of rotatable bonds is 4. The third-order valence-corrected chi connectivity index (χ3v) is 4.18. The molecule has 1 aromatic carbocycles. The first-order chi connectivity index (χ1) is 9.11. The fourth-order valence-electron chi connectivity index (χ4n) is 3.10. The van der Waals surface area contributed by atoms with Crippen molar-refractivity contribution in [1.29, 1.82) is 0 Å². The number of hydrogen-bond acceptors (Lipinski definition) is 2. The Labute approximate surface area is 115 Å². The van der Waals surface area contributed by atoms with Gasteiger partial charge in [0.25, 0.3) is 0 Å². The molecule has 0 amide bonds. The lowest BCUT2D eigenvalue weighted by atomic mass is 9.78. The van der Waals surface area contributed by atoms with Crippen molar-refractivity contribution >= 4 is 5.69 Å². The molecule has 0 bridgehead atoms. The molecule has 2 nitrogen and oxygen atoms in total. The standard InChI is InChI=1S/C16H24FNO/c1-11(2)13-6-4-5-7-15(13)18-12-8-9-14(17)16(10-12)19-3/h8-11,13,15,18H,4-7H2,1-3H3. The highest BCUT2D eigenvalue weighted by Crippen LogP contribution is 2.33. The highest BCUT2D eigenvalue weighted by molar-refractivity contribution is 5.49. The topological polar surface area (TPSA) is 21.3 Å². The summed E-state index contributed by atoms with van der Waals surface area (Å²) in [5.41, 5.74) is 0.954. The molecule has 3 heteroatoms. The number of benzene rings is 1. The van der Waals surface area contributed by atoms with Gasteiger partial charge < -0.3 is 10.1 Å². The summed E-state index contributed by atoms with van der Waals surface area (Å²) in [5.74, 6) is 1.38. The van der Waals surface area contributed by atoms with Crippen LogP contribution >= 0.6 is 0 Å². The van der Waals surface area contributed by atoms with E-state index in [0.717, 1.165) is 5.69 Å². The van der Waals surface area contributed by atoms with Crippen LogP contribution in [0.2, 0.25) is 0 Å². The number of hydrogen-bond donors (Lipinski definition) is 1. The van der Waals surface area contributed by atoms with Gasteiger partial charge in [-0.15, -0.1) is 0 Å². The number of halogens is 1. The average molecular weight is 265 g/mol. The largest absolute Gasteiger partial charge is 0.494 e. The van der Waals surface area contributed by atoms with Crippen LogP contribution < -0.4 is 10.1 Å². The fraction of sp³-hybridized carbons (Fsp3) is 0.625. The first kappa shape index (κ1) is 14.2. The zero-order valence-electron chi connectivity index (χ0n) is 12.1. The van der Waals surface area contributed by atoms with Gasteiger partial charge >= 0.3 is 0 Å². The highest BCUT2D eigenvalue weighted by atomic mass is 19.1. The molecular weight excluding hydrogens is 241 g/mol. The number of nitrogens with one attached hydrogen (secondary N) is 1. The van der Waals surface area contributed by atoms with Gasteiger partial charge in [-0.2, -0.15) is 0 Å². The number of methoxy groups -OCH3 is 1. The fourth-order valence-corrected chi connectivity index (χ4v) is 3.10. The minimum atomic E-state index is -0.308. The highest BCUT2D eigenvalue weighted by Gasteiger charge is 2.27. The third-order valence-electron chi connectivity index (χ3n) is 4.18. The van der Waals surface area contributed by atoms with Gasteiger partial charge in [0.05, 0.1) is 7.11 Å². The average Bonchev–Trinajstić information content (AvgIpc) is 2.41. The monoisotopic (exact) mass is 265 g/mol. The smallest absolute Gasteiger partial charge is 0.165 e. The third kappa shape index (κ3) is 3.40. The molecule has 0 radical (unpaired) electrons. The zero-order valence-corrected chi connectivity index (χ0v) is 12.1. The van der Waals surface area contributed by atoms with Crippen molar-refractivity contribution in [3.8, 4) is 5.75 Å². The summed E-state index contributed by atoms with van der Waals surface area (Å²) in [6.07, 6.45) is 5.09. The van der Waals surface area contributed by atoms with Crippen molar-refractivity contribution in [3.05, 3.63) is 24.0 Å². The SMILES string of the molecule is COc1cc(NC2CCCCC2C(C)C)ccc1F. The van der Waals surface area contributed by atoms with Gasteiger partial charge in [-0.05, 0) is 36.8 Å². The molecular formula is C16H24FNO. The van der Waals surface area contributed by atoms with E-state index in [0.29, 0.717) is 23.6 Å². The zero-order chi connectivity index (χ0) is 13.8. The van der Waals surface area contributed by atoms with Crippen LogP contribution in [0.3, 0.4) is 0 Å². The lowest BCUT2D eigenvalue weighted by molar-refractivity contribution is 0.253. The molecule has 1 saturated carbocycles. The molecule has 2 unspecified atom stereocenters. The van der Waals surface area contributed by atoms with Gasteiger partial charge in [-0.3, -0.25) is 0 Å². The predicted octanol–water partition coefficient (Wildman–Crippen LogP) is 4.46. The van der Waals surface area contributed by atoms with Crippen LogP contribution in [0.5, 0.6) is 5.75 Å². The van der Waals surface area contributed by atoms with E-state index in [1.54, 1.807) is 12.1 Å². The van der Waals surface area contributed by atoms with Gasteiger partial charge in [0.1, 0.15) is 0 Å². The molecule has 2 rings (SSSR count). The second-order valence-electron chi connectivity index (χ2n) is 5.79. The van der Waals surface area contributed by atoms with E-state index in [-0.39, 0.29) is 5.82 Å². The van der Waals surface area contributed by atoms with Crippen LogP contribution in [0.4, 0.5) is 10.1 Å². The Morgan fingerprint density at radius 1 is 1.26 bits per heavy atom. The first-order valence-corrected chi connectivity index (χ1v) is 7.22. The van der Waals surface area contributed by atoms with E-state index in [1.165, 1.54) is 38.9 Å². The van der Waals surface area contributed by atoms with Crippen molar-refractivity contribution in [1.82, 2.24) is 0 Å². The Kier molecular flexibility index (Phi) is 4.67. The second-order valence-corrected chi connectivity index (χ2v) is 5.79. The van der Waals surface area contributed by atoms with E-state index < -0.39 is 0 Å². The second kappa shape index (κ2) is 6.27. The van der Waals surface area contributed by atoms with Crippen molar-refractivity contribution in [3.63, 3.8) is 0 Å². The van der Waals surface area contributed by atoms with Crippen molar-refractivity contribution in [2.45, 2.75) is 45.6 Å². The van der Waals surface area contributed by atoms with Crippen LogP contribution in [0.25, 0.3) is 0 Å². The summed E-state index contributed by atoms with van der Waals surface area (Å²) in [4.78, 5) is 0. The van der Waals surface area contributed by atoms with Crippen LogP contribution in [0.1, 0.15) is 39.5 Å². The molecule has 0 spiro atoms. The summed E-state index contributed by atoms with van der Waals surface area (Å²) >= 11 is 0. The maximum atomic E-state index is 13.4. The molecule has 1 fully saturated rings. The minimum absolute atomic E-state index is 0.307. The maximum Gasteiger partial charge on any atom is 0.165 e. The van der Waals surface area contributed by atoms with Gasteiger partial charge in [0.2, 0.25) is 0 Å². The van der Waals surface area contributed by atoms with Crippen molar-refractivity contribution in [2.75, 3.05) is 12.4 Å². The summed E-state index contributed by atoms with van der Waals surface area (Å²) in [6.45, 7) is 4.58. The van der Waals surface area contributed by atoms with E-state index in [1.807, 2.05) is 0 Å². The van der Waals surface area contributed by atoms with Crippen LogP contribution in [0, 0.1) is 17.7 Å². The molecule has 0 saturated heterocycles. The Hall–Kier alpha value is -1.25. The molecule has 1 aromatic rings. The molecule has 0 aliphatic heterocycles. The van der Waals surface area contributed by atoms with Gasteiger partial charge in [-0.1, -0.05) is 26.7 Å². The quantitative estimate of drug-likeness (QED) is 0.867. The van der Waals surface area contributed by atoms with E-state index >= 15 is 0 Å². The lowest BCUT2D eigenvalue weighted by Crippen LogP contribution is -2.35. The normalized spacial score (nSPS) is 23.4. The molecule has 0 heterocycles. The molecule has 1 N–H and O–H groups in total. The molecule has 1 aliphatic rings. The summed E-state index contributed by atoms with van der Waals surface area (Å²) < 4.78 is 18.4. The van der Waals surface area contributed by atoms with Crippen molar-refractivity contribution < 1.29 is 9.13 Å². The van der Waals surface area contributed by atoms with Crippen LogP contribution in [0.15, 0.2) is 18.2 Å². The minimum Gasteiger partial charge on any atom is -0.494 e. The molecule has 1 aliphatic carbocycles. The summed E-state index contributed by atoms with van der Waals surface area (Å²) in [6, 6.07) is 5.50. The number of anilines is 1. The summed E-state index contributed by atoms with van der Waals surface area (Å²) in [7, 11) is 1.50. The van der Waals surface area contributed by atoms with E-state index in [9.17, 15) is 4.39 Å². The van der Waals surface area contributed by atoms with Gasteiger partial charge in [0.15, 0.2) is 11.6 Å². The Balaban J connectivity index is 2.10. The van der Waals surface area contributed by atoms with Gasteiger partial charge in [0, 0.05) is 17.8 Å². The molecule has 0 aromatic heterocycles.